The van der Waals surface area contributed by atoms with E-state index < -0.39 is 0 Å². The molecule has 0 aliphatic carbocycles. The van der Waals surface area contributed by atoms with Crippen LogP contribution in [0.1, 0.15) is 16.7 Å². The SMILES string of the molecule is COc1ccccc1C1=CC(C=c2c(=O)c(=Cc3cc(-c4ccc(I)cc4)[o+]c(-c4ccccc4OC)c3)c2=O)C=C(c2ccc(I)cc2)O1. The van der Waals surface area contributed by atoms with E-state index in [-0.39, 0.29) is 27.2 Å². The number of hydrogen-bond donors (Lipinski definition) is 0. The normalized spacial score (nSPS) is 14.0. The number of benzene rings is 4. The molecule has 0 bridgehead atoms. The van der Waals surface area contributed by atoms with Gasteiger partial charge in [0.15, 0.2) is 0 Å². The highest BCUT2D eigenvalue weighted by Gasteiger charge is 2.24. The Labute approximate surface area is 315 Å². The predicted molar refractivity (Wildman–Crippen MR) is 215 cm³/mol. The third-order valence-corrected chi connectivity index (χ3v) is 9.81. The Morgan fingerprint density at radius 2 is 1.18 bits per heavy atom. The molecule has 0 N–H and O–H groups in total. The third kappa shape index (κ3) is 6.95. The first-order valence-corrected chi connectivity index (χ1v) is 17.9. The number of para-hydroxylation sites is 2. The molecule has 1 aliphatic heterocycles. The van der Waals surface area contributed by atoms with E-state index in [0.29, 0.717) is 40.1 Å². The van der Waals surface area contributed by atoms with Gasteiger partial charge in [0, 0.05) is 18.6 Å². The van der Waals surface area contributed by atoms with Gasteiger partial charge in [-0.3, -0.25) is 9.59 Å². The van der Waals surface area contributed by atoms with Crippen molar-refractivity contribution >= 4 is 68.9 Å². The molecule has 0 saturated heterocycles. The Kier molecular flexibility index (Phi) is 9.82. The zero-order valence-electron chi connectivity index (χ0n) is 27.0. The Balaban J connectivity index is 1.33. The first-order valence-electron chi connectivity index (χ1n) is 15.7. The summed E-state index contributed by atoms with van der Waals surface area (Å²) in [5, 5.41) is 0.255. The van der Waals surface area contributed by atoms with Crippen molar-refractivity contribution in [1.82, 2.24) is 0 Å². The molecule has 1 aromatic heterocycles. The van der Waals surface area contributed by atoms with E-state index in [4.69, 9.17) is 18.6 Å². The lowest BCUT2D eigenvalue weighted by Crippen LogP contribution is -2.64. The molecule has 6 nitrogen and oxygen atoms in total. The predicted octanol–water partition coefficient (Wildman–Crippen LogP) is 8.06. The van der Waals surface area contributed by atoms with Gasteiger partial charge in [0.25, 0.3) is 0 Å². The molecule has 2 heterocycles. The molecule has 6 aromatic rings. The van der Waals surface area contributed by atoms with Crippen molar-refractivity contribution in [1.29, 1.82) is 0 Å². The molecule has 0 fully saturated rings. The average molecular weight is 883 g/mol. The van der Waals surface area contributed by atoms with Gasteiger partial charge in [0.2, 0.25) is 10.9 Å². The summed E-state index contributed by atoms with van der Waals surface area (Å²) in [7, 11) is 3.22. The second-order valence-corrected chi connectivity index (χ2v) is 14.1. The first-order chi connectivity index (χ1) is 24.3. The van der Waals surface area contributed by atoms with Crippen LogP contribution in [0.25, 0.3) is 46.3 Å². The maximum absolute atomic E-state index is 13.6. The zero-order chi connectivity index (χ0) is 34.8. The van der Waals surface area contributed by atoms with Crippen LogP contribution in [0.15, 0.2) is 135 Å². The minimum atomic E-state index is -0.387. The van der Waals surface area contributed by atoms with Gasteiger partial charge in [-0.15, -0.1) is 0 Å². The van der Waals surface area contributed by atoms with Gasteiger partial charge >= 0.3 is 11.5 Å². The highest BCUT2D eigenvalue weighted by Crippen LogP contribution is 2.37. The summed E-state index contributed by atoms with van der Waals surface area (Å²) in [4.78, 5) is 27.3. The van der Waals surface area contributed by atoms with Crippen molar-refractivity contribution in [2.24, 2.45) is 5.92 Å². The van der Waals surface area contributed by atoms with Crippen LogP contribution in [-0.2, 0) is 4.74 Å². The lowest BCUT2D eigenvalue weighted by atomic mass is 9.97. The number of ether oxygens (including phenoxy) is 3. The van der Waals surface area contributed by atoms with Crippen LogP contribution in [-0.4, -0.2) is 14.2 Å². The number of halogens is 2. The Morgan fingerprint density at radius 3 is 1.82 bits per heavy atom. The molecule has 50 heavy (non-hydrogen) atoms. The molecule has 246 valence electrons. The minimum absolute atomic E-state index is 0.116. The van der Waals surface area contributed by atoms with E-state index >= 15 is 0 Å². The number of methoxy groups -OCH3 is 2. The largest absolute Gasteiger partial charge is 0.496 e. The lowest BCUT2D eigenvalue weighted by Gasteiger charge is -2.22. The monoisotopic (exact) mass is 883 g/mol. The third-order valence-electron chi connectivity index (χ3n) is 8.37. The molecule has 1 unspecified atom stereocenters. The fourth-order valence-corrected chi connectivity index (χ4v) is 6.58. The van der Waals surface area contributed by atoms with Crippen LogP contribution in [0.2, 0.25) is 0 Å². The number of hydrogen-bond acceptors (Lipinski definition) is 5. The Hall–Kier alpha value is -4.81. The molecule has 1 atom stereocenters. The highest BCUT2D eigenvalue weighted by molar-refractivity contribution is 14.1. The average Bonchev–Trinajstić information content (AvgIpc) is 3.16. The summed E-state index contributed by atoms with van der Waals surface area (Å²) in [5.41, 5.74) is 3.30. The molecule has 7 rings (SSSR count). The van der Waals surface area contributed by atoms with Crippen LogP contribution in [0.3, 0.4) is 0 Å². The molecular weight excluding hydrogens is 854 g/mol. The summed E-state index contributed by atoms with van der Waals surface area (Å²) in [5.74, 6) is 3.26. The maximum atomic E-state index is 13.6. The van der Waals surface area contributed by atoms with Crippen LogP contribution in [0, 0.1) is 13.1 Å². The molecular formula is C42H29I2O6+. The smallest absolute Gasteiger partial charge is 0.365 e. The minimum Gasteiger partial charge on any atom is -0.496 e. The van der Waals surface area contributed by atoms with Crippen molar-refractivity contribution in [3.8, 4) is 34.1 Å². The molecule has 1 aliphatic rings. The Morgan fingerprint density at radius 1 is 0.640 bits per heavy atom. The van der Waals surface area contributed by atoms with Gasteiger partial charge < -0.3 is 14.2 Å². The van der Waals surface area contributed by atoms with Crippen LogP contribution < -0.4 is 30.8 Å². The molecule has 0 spiro atoms. The van der Waals surface area contributed by atoms with E-state index in [1.807, 2.05) is 121 Å². The van der Waals surface area contributed by atoms with E-state index in [1.165, 1.54) is 0 Å². The molecule has 8 heteroatoms. The van der Waals surface area contributed by atoms with Crippen LogP contribution in [0.4, 0.5) is 0 Å². The van der Waals surface area contributed by atoms with Gasteiger partial charge in [-0.25, -0.2) is 4.42 Å². The van der Waals surface area contributed by atoms with Crippen molar-refractivity contribution < 1.29 is 18.6 Å². The fourth-order valence-electron chi connectivity index (χ4n) is 5.86. The number of rotatable bonds is 8. The van der Waals surface area contributed by atoms with Crippen LogP contribution in [0.5, 0.6) is 11.5 Å². The molecule has 0 radical (unpaired) electrons. The van der Waals surface area contributed by atoms with Crippen molar-refractivity contribution in [2.45, 2.75) is 0 Å². The quantitative estimate of drug-likeness (QED) is 0.114. The van der Waals surface area contributed by atoms with Crippen molar-refractivity contribution in [3.63, 3.8) is 0 Å². The summed E-state index contributed by atoms with van der Waals surface area (Å²) < 4.78 is 26.2. The summed E-state index contributed by atoms with van der Waals surface area (Å²) in [6.07, 6.45) is 7.17. The second kappa shape index (κ2) is 14.6. The van der Waals surface area contributed by atoms with E-state index in [0.717, 1.165) is 29.4 Å². The topological polar surface area (TPSA) is 73.1 Å². The van der Waals surface area contributed by atoms with E-state index in [1.54, 1.807) is 26.4 Å². The summed E-state index contributed by atoms with van der Waals surface area (Å²) >= 11 is 4.52. The van der Waals surface area contributed by atoms with Gasteiger partial charge in [0.05, 0.1) is 47.9 Å². The summed E-state index contributed by atoms with van der Waals surface area (Å²) in [6, 6.07) is 34.7. The van der Waals surface area contributed by atoms with Crippen molar-refractivity contribution in [3.05, 3.63) is 176 Å². The highest BCUT2D eigenvalue weighted by atomic mass is 127. The molecule has 0 saturated carbocycles. The van der Waals surface area contributed by atoms with E-state index in [9.17, 15) is 9.59 Å². The number of allylic oxidation sites excluding steroid dienone is 2. The van der Waals surface area contributed by atoms with Crippen molar-refractivity contribution in [2.75, 3.05) is 14.2 Å². The zero-order valence-corrected chi connectivity index (χ0v) is 31.3. The summed E-state index contributed by atoms with van der Waals surface area (Å²) in [6.45, 7) is 0. The molecule has 0 amide bonds. The van der Waals surface area contributed by atoms with Gasteiger partial charge in [0.1, 0.15) is 28.6 Å². The second-order valence-electron chi connectivity index (χ2n) is 11.6. The van der Waals surface area contributed by atoms with Gasteiger partial charge in [-0.2, -0.15) is 0 Å². The lowest BCUT2D eigenvalue weighted by molar-refractivity contribution is 0.404. The maximum Gasteiger partial charge on any atom is 0.365 e. The first kappa shape index (κ1) is 33.7. The van der Waals surface area contributed by atoms with Gasteiger partial charge in [-0.1, -0.05) is 42.5 Å². The molecule has 5 aromatic carbocycles. The van der Waals surface area contributed by atoms with Gasteiger partial charge in [-0.05, 0) is 130 Å². The van der Waals surface area contributed by atoms with Crippen LogP contribution >= 0.6 is 45.2 Å². The van der Waals surface area contributed by atoms with E-state index in [2.05, 4.69) is 45.2 Å². The Bertz CT molecular complexity index is 2460. The fraction of sp³-hybridized carbons (Fsp3) is 0.0714. The standard InChI is InChI=1S/C42H29I2O6/c1-47-35-9-5-3-7-31(35)39-23-25(21-37(49-39)27-11-15-29(43)16-12-27)19-33-41(45)34(42(33)46)20-26-22-38(28-13-17-30(44)18-14-28)50-40(24-26)32-8-4-6-10-36(32)48-2/h3-25H,1-2H3/q+1.